The standard InChI is InChI=1S/C40H36O7/c1-40(2,3)36-24-32(21-22-35(36)29-13-7-4-8-14-29)39(43)47-46-25-28-19-20-33(26-44-37(41)30-15-9-5-10-16-30)34(23-28)27-45-38(42)31-17-11-6-12-18-31/h4-24H,25-27H2,1-3H3. The maximum Gasteiger partial charge on any atom is 0.373 e. The van der Waals surface area contributed by atoms with E-state index >= 15 is 0 Å². The molecule has 7 nitrogen and oxygen atoms in total. The Hall–Kier alpha value is -5.53. The number of benzene rings is 5. The molecule has 0 N–H and O–H groups in total. The summed E-state index contributed by atoms with van der Waals surface area (Å²) in [5.74, 6) is -1.57. The van der Waals surface area contributed by atoms with Crippen LogP contribution >= 0.6 is 0 Å². The molecule has 5 rings (SSSR count). The molecule has 0 bridgehead atoms. The Bertz CT molecular complexity index is 1830. The van der Waals surface area contributed by atoms with Crippen LogP contribution in [0.5, 0.6) is 0 Å². The summed E-state index contributed by atoms with van der Waals surface area (Å²) in [6.45, 7) is 6.15. The number of carbonyl (C=O) groups excluding carboxylic acids is 3. The van der Waals surface area contributed by atoms with Crippen molar-refractivity contribution in [2.75, 3.05) is 0 Å². The molecule has 0 unspecified atom stereocenters. The second-order valence-electron chi connectivity index (χ2n) is 12.0. The SMILES string of the molecule is CC(C)(C)c1cc(C(=O)OOCc2ccc(COC(=O)c3ccccc3)c(COC(=O)c3ccccc3)c2)ccc1-c1ccccc1. The Labute approximate surface area is 274 Å². The van der Waals surface area contributed by atoms with Crippen LogP contribution in [0, 0.1) is 0 Å². The zero-order chi connectivity index (χ0) is 33.2. The van der Waals surface area contributed by atoms with Crippen LogP contribution in [0.2, 0.25) is 0 Å². The van der Waals surface area contributed by atoms with E-state index in [1.165, 1.54) is 0 Å². The Morgan fingerprint density at radius 3 is 1.66 bits per heavy atom. The molecule has 0 fully saturated rings. The lowest BCUT2D eigenvalue weighted by Crippen LogP contribution is -2.15. The molecule has 0 amide bonds. The summed E-state index contributed by atoms with van der Waals surface area (Å²) >= 11 is 0. The van der Waals surface area contributed by atoms with Crippen LogP contribution in [0.4, 0.5) is 0 Å². The predicted molar refractivity (Wildman–Crippen MR) is 178 cm³/mol. The van der Waals surface area contributed by atoms with E-state index in [1.807, 2.05) is 54.6 Å². The number of ether oxygens (including phenoxy) is 2. The van der Waals surface area contributed by atoms with Gasteiger partial charge in [-0.05, 0) is 81.3 Å². The molecule has 0 saturated heterocycles. The molecule has 5 aromatic carbocycles. The van der Waals surface area contributed by atoms with Gasteiger partial charge in [0.1, 0.15) is 19.8 Å². The van der Waals surface area contributed by atoms with Crippen LogP contribution < -0.4 is 0 Å². The van der Waals surface area contributed by atoms with Crippen molar-refractivity contribution >= 4 is 17.9 Å². The van der Waals surface area contributed by atoms with Crippen LogP contribution in [0.25, 0.3) is 11.1 Å². The Balaban J connectivity index is 1.27. The summed E-state index contributed by atoms with van der Waals surface area (Å²) in [5, 5.41) is 0. The molecule has 0 saturated carbocycles. The maximum absolute atomic E-state index is 13.0. The second-order valence-corrected chi connectivity index (χ2v) is 12.0. The molecule has 0 heterocycles. The van der Waals surface area contributed by atoms with Gasteiger partial charge >= 0.3 is 17.9 Å². The third-order valence-electron chi connectivity index (χ3n) is 7.52. The van der Waals surface area contributed by atoms with Crippen molar-refractivity contribution in [1.29, 1.82) is 0 Å². The minimum atomic E-state index is -0.614. The average molecular weight is 629 g/mol. The normalized spacial score (nSPS) is 11.0. The average Bonchev–Trinajstić information content (AvgIpc) is 3.10. The molecular formula is C40H36O7. The van der Waals surface area contributed by atoms with Gasteiger partial charge in [0.15, 0.2) is 0 Å². The topological polar surface area (TPSA) is 88.1 Å². The van der Waals surface area contributed by atoms with Gasteiger partial charge < -0.3 is 9.47 Å². The first kappa shape index (κ1) is 32.9. The predicted octanol–water partition coefficient (Wildman–Crippen LogP) is 8.65. The van der Waals surface area contributed by atoms with E-state index in [2.05, 4.69) is 20.8 Å². The van der Waals surface area contributed by atoms with Gasteiger partial charge in [-0.15, -0.1) is 0 Å². The van der Waals surface area contributed by atoms with Crippen LogP contribution in [-0.4, -0.2) is 17.9 Å². The van der Waals surface area contributed by atoms with Crippen molar-refractivity contribution in [2.45, 2.75) is 46.0 Å². The van der Waals surface area contributed by atoms with Crippen molar-refractivity contribution in [3.05, 3.63) is 166 Å². The summed E-state index contributed by atoms with van der Waals surface area (Å²) in [7, 11) is 0. The van der Waals surface area contributed by atoms with E-state index in [-0.39, 0.29) is 25.2 Å². The highest BCUT2D eigenvalue weighted by Crippen LogP contribution is 2.34. The number of hydrogen-bond acceptors (Lipinski definition) is 7. The lowest BCUT2D eigenvalue weighted by Gasteiger charge is -2.24. The molecular weight excluding hydrogens is 592 g/mol. The molecule has 0 atom stereocenters. The largest absolute Gasteiger partial charge is 0.457 e. The van der Waals surface area contributed by atoms with Gasteiger partial charge in [-0.1, -0.05) is 106 Å². The number of esters is 2. The second kappa shape index (κ2) is 15.2. The van der Waals surface area contributed by atoms with E-state index in [0.29, 0.717) is 33.4 Å². The number of rotatable bonds is 11. The van der Waals surface area contributed by atoms with Crippen LogP contribution in [0.15, 0.2) is 127 Å². The highest BCUT2D eigenvalue weighted by atomic mass is 17.2. The monoisotopic (exact) mass is 628 g/mol. The molecule has 0 spiro atoms. The number of hydrogen-bond donors (Lipinski definition) is 0. The summed E-state index contributed by atoms with van der Waals surface area (Å²) < 4.78 is 11.1. The Morgan fingerprint density at radius 1 is 0.532 bits per heavy atom. The lowest BCUT2D eigenvalue weighted by molar-refractivity contribution is -0.250. The first-order valence-electron chi connectivity index (χ1n) is 15.3. The zero-order valence-electron chi connectivity index (χ0n) is 26.6. The minimum absolute atomic E-state index is 0.0306. The zero-order valence-corrected chi connectivity index (χ0v) is 26.6. The van der Waals surface area contributed by atoms with Gasteiger partial charge in [-0.3, -0.25) is 4.89 Å². The Morgan fingerprint density at radius 2 is 1.09 bits per heavy atom. The third-order valence-corrected chi connectivity index (χ3v) is 7.52. The van der Waals surface area contributed by atoms with Crippen molar-refractivity contribution in [1.82, 2.24) is 0 Å². The molecule has 0 aliphatic heterocycles. The van der Waals surface area contributed by atoms with Gasteiger partial charge in [-0.25, -0.2) is 14.4 Å². The van der Waals surface area contributed by atoms with Crippen LogP contribution in [0.3, 0.4) is 0 Å². The molecule has 238 valence electrons. The highest BCUT2D eigenvalue weighted by Gasteiger charge is 2.22. The van der Waals surface area contributed by atoms with E-state index in [9.17, 15) is 14.4 Å². The summed E-state index contributed by atoms with van der Waals surface area (Å²) in [4.78, 5) is 48.8. The van der Waals surface area contributed by atoms with Crippen molar-refractivity contribution in [3.8, 4) is 11.1 Å². The third kappa shape index (κ3) is 8.81. The molecule has 0 aliphatic rings. The first-order chi connectivity index (χ1) is 22.7. The summed E-state index contributed by atoms with van der Waals surface area (Å²) in [6.07, 6.45) is 0. The molecule has 47 heavy (non-hydrogen) atoms. The fourth-order valence-corrected chi connectivity index (χ4v) is 5.01. The maximum atomic E-state index is 13.0. The van der Waals surface area contributed by atoms with E-state index in [1.54, 1.807) is 72.8 Å². The molecule has 5 aromatic rings. The van der Waals surface area contributed by atoms with Crippen LogP contribution in [0.1, 0.15) is 74.1 Å². The van der Waals surface area contributed by atoms with Gasteiger partial charge in [0.2, 0.25) is 0 Å². The minimum Gasteiger partial charge on any atom is -0.457 e. The fourth-order valence-electron chi connectivity index (χ4n) is 5.01. The van der Waals surface area contributed by atoms with Gasteiger partial charge in [0.25, 0.3) is 0 Å². The quantitative estimate of drug-likeness (QED) is 0.0822. The molecule has 0 radical (unpaired) electrons. The summed E-state index contributed by atoms with van der Waals surface area (Å²) in [5.41, 5.74) is 6.07. The molecule has 0 aliphatic carbocycles. The van der Waals surface area contributed by atoms with Crippen LogP contribution in [-0.2, 0) is 44.5 Å². The van der Waals surface area contributed by atoms with E-state index in [0.717, 1.165) is 16.7 Å². The smallest absolute Gasteiger partial charge is 0.373 e. The molecule has 0 aromatic heterocycles. The van der Waals surface area contributed by atoms with Crippen molar-refractivity contribution in [3.63, 3.8) is 0 Å². The Kier molecular flexibility index (Phi) is 10.6. The van der Waals surface area contributed by atoms with Gasteiger partial charge in [-0.2, -0.15) is 4.89 Å². The van der Waals surface area contributed by atoms with Gasteiger partial charge in [0, 0.05) is 0 Å². The highest BCUT2D eigenvalue weighted by molar-refractivity contribution is 5.91. The van der Waals surface area contributed by atoms with Crippen molar-refractivity contribution in [2.24, 2.45) is 0 Å². The van der Waals surface area contributed by atoms with Gasteiger partial charge in [0.05, 0.1) is 16.7 Å². The number of carbonyl (C=O) groups is 3. The van der Waals surface area contributed by atoms with E-state index in [4.69, 9.17) is 19.2 Å². The van der Waals surface area contributed by atoms with Crippen molar-refractivity contribution < 1.29 is 33.6 Å². The molecule has 7 heteroatoms. The lowest BCUT2D eigenvalue weighted by atomic mass is 9.81. The fraction of sp³-hybridized carbons (Fsp3) is 0.175. The van der Waals surface area contributed by atoms with E-state index < -0.39 is 17.9 Å². The first-order valence-corrected chi connectivity index (χ1v) is 15.3. The summed E-state index contributed by atoms with van der Waals surface area (Å²) in [6, 6.07) is 38.2.